The molecule has 6 heteroatoms. The number of nitro groups is 1. The third-order valence-corrected chi connectivity index (χ3v) is 3.83. The predicted molar refractivity (Wildman–Crippen MR) is 79.8 cm³/mol. The van der Waals surface area contributed by atoms with E-state index in [9.17, 15) is 15.2 Å². The Morgan fingerprint density at radius 3 is 2.43 bits per heavy atom. The van der Waals surface area contributed by atoms with Gasteiger partial charge in [-0.3, -0.25) is 10.1 Å². The summed E-state index contributed by atoms with van der Waals surface area (Å²) < 4.78 is 1.88. The van der Waals surface area contributed by atoms with E-state index < -0.39 is 10.5 Å². The van der Waals surface area contributed by atoms with E-state index >= 15 is 0 Å². The second-order valence-corrected chi connectivity index (χ2v) is 5.11. The van der Waals surface area contributed by atoms with Crippen LogP contribution in [0.15, 0.2) is 36.7 Å². The molecule has 0 radical (unpaired) electrons. The molecule has 1 aromatic heterocycles. The molecule has 0 spiro atoms. The van der Waals surface area contributed by atoms with Gasteiger partial charge in [-0.1, -0.05) is 13.8 Å². The summed E-state index contributed by atoms with van der Waals surface area (Å²) in [4.78, 5) is 14.6. The van der Waals surface area contributed by atoms with E-state index in [0.717, 1.165) is 5.56 Å². The molecule has 0 amide bonds. The lowest BCUT2D eigenvalue weighted by atomic mass is 9.97. The zero-order valence-electron chi connectivity index (χ0n) is 12.2. The number of nitro benzene ring substituents is 1. The number of hydrogen-bond acceptors (Lipinski definition) is 4. The summed E-state index contributed by atoms with van der Waals surface area (Å²) in [7, 11) is 0. The summed E-state index contributed by atoms with van der Waals surface area (Å²) in [6.45, 7) is 4.35. The van der Waals surface area contributed by atoms with Gasteiger partial charge < -0.3 is 9.67 Å². The number of imidazole rings is 1. The van der Waals surface area contributed by atoms with E-state index in [4.69, 9.17) is 0 Å². The molecular formula is C15H19N3O3. The van der Waals surface area contributed by atoms with Crippen LogP contribution in [-0.2, 0) is 6.54 Å². The van der Waals surface area contributed by atoms with Gasteiger partial charge in [-0.05, 0) is 25.0 Å². The van der Waals surface area contributed by atoms with Crippen molar-refractivity contribution in [3.63, 3.8) is 0 Å². The van der Waals surface area contributed by atoms with Crippen molar-refractivity contribution in [1.29, 1.82) is 0 Å². The summed E-state index contributed by atoms with van der Waals surface area (Å²) in [6, 6.07) is 6.27. The Hall–Kier alpha value is -2.21. The van der Waals surface area contributed by atoms with E-state index in [0.29, 0.717) is 25.2 Å². The monoisotopic (exact) mass is 289 g/mol. The van der Waals surface area contributed by atoms with E-state index in [1.807, 2.05) is 24.6 Å². The molecule has 0 saturated heterocycles. The van der Waals surface area contributed by atoms with Crippen LogP contribution in [0.5, 0.6) is 0 Å². The lowest BCUT2D eigenvalue weighted by Crippen LogP contribution is -2.32. The molecule has 1 heterocycles. The van der Waals surface area contributed by atoms with Crippen LogP contribution < -0.4 is 0 Å². The zero-order valence-corrected chi connectivity index (χ0v) is 12.2. The first-order chi connectivity index (χ1) is 9.99. The molecule has 0 aliphatic carbocycles. The largest absolute Gasteiger partial charge is 0.388 e. The van der Waals surface area contributed by atoms with Gasteiger partial charge in [0.05, 0.1) is 17.1 Å². The zero-order chi connectivity index (χ0) is 15.5. The third kappa shape index (κ3) is 3.28. The Balaban J connectivity index is 2.30. The van der Waals surface area contributed by atoms with Gasteiger partial charge in [-0.2, -0.15) is 0 Å². The van der Waals surface area contributed by atoms with E-state index in [1.165, 1.54) is 12.1 Å². The molecule has 6 nitrogen and oxygen atoms in total. The first-order valence-electron chi connectivity index (χ1n) is 6.97. The molecule has 1 aromatic carbocycles. The molecule has 2 aromatic rings. The SMILES string of the molecule is CCC(O)(CC)Cn1ccnc1-c1ccc([N+](=O)[O-])cc1. The predicted octanol–water partition coefficient (Wildman–Crippen LogP) is 3.01. The van der Waals surface area contributed by atoms with Crippen LogP contribution in [0.4, 0.5) is 5.69 Å². The molecular weight excluding hydrogens is 270 g/mol. The molecule has 2 rings (SSSR count). The molecule has 0 atom stereocenters. The Morgan fingerprint density at radius 1 is 1.29 bits per heavy atom. The molecule has 21 heavy (non-hydrogen) atoms. The van der Waals surface area contributed by atoms with Gasteiger partial charge in [0, 0.05) is 30.1 Å². The quantitative estimate of drug-likeness (QED) is 0.654. The van der Waals surface area contributed by atoms with Crippen LogP contribution in [-0.4, -0.2) is 25.2 Å². The number of hydrogen-bond donors (Lipinski definition) is 1. The second kappa shape index (κ2) is 6.05. The van der Waals surface area contributed by atoms with Crippen LogP contribution in [0.2, 0.25) is 0 Å². The van der Waals surface area contributed by atoms with Gasteiger partial charge in [0.25, 0.3) is 5.69 Å². The number of rotatable bonds is 6. The molecule has 112 valence electrons. The summed E-state index contributed by atoms with van der Waals surface area (Å²) in [6.07, 6.45) is 4.79. The Kier molecular flexibility index (Phi) is 4.37. The van der Waals surface area contributed by atoms with E-state index in [1.54, 1.807) is 18.3 Å². The van der Waals surface area contributed by atoms with Gasteiger partial charge in [-0.25, -0.2) is 4.98 Å². The minimum absolute atomic E-state index is 0.0514. The standard InChI is InChI=1S/C15H19N3O3/c1-3-15(19,4-2)11-17-10-9-16-14(17)12-5-7-13(8-6-12)18(20)21/h5-10,19H,3-4,11H2,1-2H3. The van der Waals surface area contributed by atoms with Crippen LogP contribution in [0.25, 0.3) is 11.4 Å². The number of nitrogens with zero attached hydrogens (tertiary/aromatic N) is 3. The van der Waals surface area contributed by atoms with E-state index in [-0.39, 0.29) is 5.69 Å². The first kappa shape index (κ1) is 15.2. The van der Waals surface area contributed by atoms with Crippen LogP contribution in [0, 0.1) is 10.1 Å². The van der Waals surface area contributed by atoms with E-state index in [2.05, 4.69) is 4.98 Å². The maximum absolute atomic E-state index is 10.7. The van der Waals surface area contributed by atoms with Gasteiger partial charge in [0.1, 0.15) is 5.82 Å². The number of benzene rings is 1. The molecule has 0 bridgehead atoms. The number of non-ortho nitro benzene ring substituents is 1. The normalized spacial score (nSPS) is 11.6. The highest BCUT2D eigenvalue weighted by molar-refractivity contribution is 5.57. The minimum atomic E-state index is -0.768. The van der Waals surface area contributed by atoms with Gasteiger partial charge in [-0.15, -0.1) is 0 Å². The average molecular weight is 289 g/mol. The van der Waals surface area contributed by atoms with Crippen molar-refractivity contribution in [2.45, 2.75) is 38.8 Å². The smallest absolute Gasteiger partial charge is 0.269 e. The topological polar surface area (TPSA) is 81.2 Å². The van der Waals surface area contributed by atoms with Crippen molar-refractivity contribution in [3.8, 4) is 11.4 Å². The lowest BCUT2D eigenvalue weighted by Gasteiger charge is -2.26. The highest BCUT2D eigenvalue weighted by Crippen LogP contribution is 2.24. The van der Waals surface area contributed by atoms with Crippen molar-refractivity contribution in [3.05, 3.63) is 46.8 Å². The van der Waals surface area contributed by atoms with Gasteiger partial charge >= 0.3 is 0 Å². The average Bonchev–Trinajstić information content (AvgIpc) is 2.95. The maximum atomic E-state index is 10.7. The van der Waals surface area contributed by atoms with Crippen LogP contribution in [0.1, 0.15) is 26.7 Å². The molecule has 0 aliphatic heterocycles. The Labute approximate surface area is 123 Å². The van der Waals surface area contributed by atoms with Crippen molar-refractivity contribution in [1.82, 2.24) is 9.55 Å². The second-order valence-electron chi connectivity index (χ2n) is 5.11. The summed E-state index contributed by atoms with van der Waals surface area (Å²) in [5.74, 6) is 0.699. The molecule has 1 N–H and O–H groups in total. The number of aliphatic hydroxyl groups is 1. The molecule has 0 aliphatic rings. The Morgan fingerprint density at radius 2 is 1.90 bits per heavy atom. The summed E-state index contributed by atoms with van der Waals surface area (Å²) in [5.41, 5.74) is 0.0755. The van der Waals surface area contributed by atoms with Crippen molar-refractivity contribution < 1.29 is 10.0 Å². The minimum Gasteiger partial charge on any atom is -0.388 e. The summed E-state index contributed by atoms with van der Waals surface area (Å²) >= 11 is 0. The van der Waals surface area contributed by atoms with Crippen molar-refractivity contribution in [2.75, 3.05) is 0 Å². The summed E-state index contributed by atoms with van der Waals surface area (Å²) in [5, 5.41) is 21.1. The van der Waals surface area contributed by atoms with Crippen molar-refractivity contribution in [2.24, 2.45) is 0 Å². The van der Waals surface area contributed by atoms with Crippen molar-refractivity contribution >= 4 is 5.69 Å². The van der Waals surface area contributed by atoms with Crippen LogP contribution >= 0.6 is 0 Å². The fraction of sp³-hybridized carbons (Fsp3) is 0.400. The van der Waals surface area contributed by atoms with Crippen LogP contribution in [0.3, 0.4) is 0 Å². The maximum Gasteiger partial charge on any atom is 0.269 e. The first-order valence-corrected chi connectivity index (χ1v) is 6.97. The lowest BCUT2D eigenvalue weighted by molar-refractivity contribution is -0.384. The molecule has 0 saturated carbocycles. The van der Waals surface area contributed by atoms with Gasteiger partial charge in [0.2, 0.25) is 0 Å². The fourth-order valence-corrected chi connectivity index (χ4v) is 2.22. The molecule has 0 fully saturated rings. The molecule has 0 unspecified atom stereocenters. The fourth-order valence-electron chi connectivity index (χ4n) is 2.22. The highest BCUT2D eigenvalue weighted by atomic mass is 16.6. The van der Waals surface area contributed by atoms with Gasteiger partial charge in [0.15, 0.2) is 0 Å². The number of aromatic nitrogens is 2. The Bertz CT molecular complexity index is 615. The highest BCUT2D eigenvalue weighted by Gasteiger charge is 2.24. The third-order valence-electron chi connectivity index (χ3n) is 3.83.